The molecule has 6 nitrogen and oxygen atoms in total. The van der Waals surface area contributed by atoms with Crippen LogP contribution in [0, 0.1) is 5.82 Å². The summed E-state index contributed by atoms with van der Waals surface area (Å²) in [6, 6.07) is 11.5. The zero-order valence-corrected chi connectivity index (χ0v) is 23.1. The van der Waals surface area contributed by atoms with Gasteiger partial charge in [-0.3, -0.25) is 4.79 Å². The van der Waals surface area contributed by atoms with E-state index in [9.17, 15) is 14.3 Å². The van der Waals surface area contributed by atoms with E-state index in [4.69, 9.17) is 9.47 Å². The number of allylic oxidation sites excluding steroid dienone is 1. The van der Waals surface area contributed by atoms with Crippen LogP contribution >= 0.6 is 0 Å². The van der Waals surface area contributed by atoms with Crippen LogP contribution < -0.4 is 14.8 Å². The molecule has 0 fully saturated rings. The highest BCUT2D eigenvalue weighted by Crippen LogP contribution is 2.54. The summed E-state index contributed by atoms with van der Waals surface area (Å²) in [6.45, 7) is 11.1. The molecule has 0 unspecified atom stereocenters. The molecule has 202 valence electrons. The first kappa shape index (κ1) is 26.4. The van der Waals surface area contributed by atoms with Gasteiger partial charge < -0.3 is 24.8 Å². The number of halogens is 1. The van der Waals surface area contributed by atoms with Crippen molar-refractivity contribution in [2.24, 2.45) is 0 Å². The highest BCUT2D eigenvalue weighted by Gasteiger charge is 2.33. The fourth-order valence-electron chi connectivity index (χ4n) is 5.61. The Morgan fingerprint density at radius 1 is 1.10 bits per heavy atom. The molecule has 2 aliphatic rings. The Hall–Kier alpha value is -4.26. The molecule has 1 amide bonds. The minimum absolute atomic E-state index is 0.00751. The number of carbonyl (C=O) groups is 1. The van der Waals surface area contributed by atoms with E-state index in [-0.39, 0.29) is 22.8 Å². The lowest BCUT2D eigenvalue weighted by molar-refractivity contribution is 0.0772. The van der Waals surface area contributed by atoms with Crippen molar-refractivity contribution >= 4 is 29.0 Å². The van der Waals surface area contributed by atoms with E-state index in [0.717, 1.165) is 28.0 Å². The number of phenols is 1. The number of nitrogens with one attached hydrogen (secondary N) is 1. The summed E-state index contributed by atoms with van der Waals surface area (Å²) in [5, 5.41) is 14.2. The van der Waals surface area contributed by atoms with E-state index in [1.807, 2.05) is 26.0 Å². The molecule has 0 aliphatic carbocycles. The number of anilines is 1. The van der Waals surface area contributed by atoms with Gasteiger partial charge in [-0.1, -0.05) is 18.2 Å². The molecule has 0 saturated carbocycles. The van der Waals surface area contributed by atoms with E-state index in [2.05, 4.69) is 32.2 Å². The number of hydrogen-bond donors (Lipinski definition) is 2. The lowest BCUT2D eigenvalue weighted by Crippen LogP contribution is -2.32. The second kappa shape index (κ2) is 9.80. The van der Waals surface area contributed by atoms with Crippen molar-refractivity contribution in [2.75, 3.05) is 25.5 Å². The van der Waals surface area contributed by atoms with Gasteiger partial charge in [0, 0.05) is 41.0 Å². The minimum atomic E-state index is -0.481. The Kier molecular flexibility index (Phi) is 6.62. The molecule has 3 aromatic rings. The van der Waals surface area contributed by atoms with Crippen molar-refractivity contribution in [3.8, 4) is 28.4 Å². The van der Waals surface area contributed by atoms with Crippen LogP contribution in [0.25, 0.3) is 28.5 Å². The molecule has 0 aromatic heterocycles. The average Bonchev–Trinajstić information content (AvgIpc) is 2.89. The fraction of sp³-hybridized carbons (Fsp3) is 0.281. The first-order chi connectivity index (χ1) is 18.6. The van der Waals surface area contributed by atoms with E-state index in [1.165, 1.54) is 25.3 Å². The van der Waals surface area contributed by atoms with Crippen molar-refractivity contribution in [2.45, 2.75) is 40.2 Å². The van der Waals surface area contributed by atoms with Gasteiger partial charge in [0.05, 0.1) is 18.2 Å². The van der Waals surface area contributed by atoms with Crippen molar-refractivity contribution in [1.82, 2.24) is 4.90 Å². The number of rotatable bonds is 5. The number of nitrogens with zero attached hydrogens (tertiary/aromatic N) is 1. The number of hydrogen-bond acceptors (Lipinski definition) is 5. The normalized spacial score (nSPS) is 15.8. The van der Waals surface area contributed by atoms with Gasteiger partial charge in [0.2, 0.25) is 0 Å². The summed E-state index contributed by atoms with van der Waals surface area (Å²) in [5.41, 5.74) is 5.77. The smallest absolute Gasteiger partial charge is 0.254 e. The van der Waals surface area contributed by atoms with Crippen molar-refractivity contribution in [3.05, 3.63) is 76.6 Å². The predicted octanol–water partition coefficient (Wildman–Crippen LogP) is 7.19. The molecule has 0 atom stereocenters. The predicted molar refractivity (Wildman–Crippen MR) is 154 cm³/mol. The number of methoxy groups -OCH3 is 1. The molecule has 39 heavy (non-hydrogen) atoms. The Bertz CT molecular complexity index is 1550. The number of phenolic OH excluding ortho intramolecular Hbond substituents is 1. The maximum absolute atomic E-state index is 14.4. The molecule has 2 aliphatic heterocycles. The van der Waals surface area contributed by atoms with Crippen LogP contribution in [-0.2, 0) is 0 Å². The number of carbonyl (C=O) groups excluding carboxylic acids is 1. The molecule has 3 aromatic carbocycles. The molecular weight excluding hydrogens is 495 g/mol. The van der Waals surface area contributed by atoms with Crippen LogP contribution in [0.1, 0.15) is 61.7 Å². The van der Waals surface area contributed by atoms with Crippen molar-refractivity contribution in [3.63, 3.8) is 0 Å². The summed E-state index contributed by atoms with van der Waals surface area (Å²) in [7, 11) is 1.51. The summed E-state index contributed by atoms with van der Waals surface area (Å²) in [5.74, 6) is 0.616. The van der Waals surface area contributed by atoms with Gasteiger partial charge in [-0.25, -0.2) is 4.39 Å². The third-order valence-corrected chi connectivity index (χ3v) is 7.26. The SMILES string of the molecule is CCN(CC)C(=O)c1cc(F)ccc1C=C1Oc2ccc(O)c(OC)c2-c2ccc3c(c21)C(C)=CC(C)(C)N3. The van der Waals surface area contributed by atoms with E-state index in [0.29, 0.717) is 41.5 Å². The first-order valence-corrected chi connectivity index (χ1v) is 13.1. The molecule has 0 radical (unpaired) electrons. The second-order valence-electron chi connectivity index (χ2n) is 10.4. The van der Waals surface area contributed by atoms with Gasteiger partial charge in [-0.2, -0.15) is 0 Å². The highest BCUT2D eigenvalue weighted by molar-refractivity contribution is 6.04. The van der Waals surface area contributed by atoms with E-state index >= 15 is 0 Å². The summed E-state index contributed by atoms with van der Waals surface area (Å²) >= 11 is 0. The van der Waals surface area contributed by atoms with Crippen LogP contribution in [0.3, 0.4) is 0 Å². The zero-order chi connectivity index (χ0) is 28.1. The average molecular weight is 529 g/mol. The largest absolute Gasteiger partial charge is 0.504 e. The van der Waals surface area contributed by atoms with Crippen molar-refractivity contribution in [1.29, 1.82) is 0 Å². The maximum atomic E-state index is 14.4. The van der Waals surface area contributed by atoms with Gasteiger partial charge in [0.1, 0.15) is 17.3 Å². The Morgan fingerprint density at radius 3 is 2.54 bits per heavy atom. The molecule has 5 rings (SSSR count). The van der Waals surface area contributed by atoms with E-state index in [1.54, 1.807) is 23.1 Å². The molecule has 0 bridgehead atoms. The summed E-state index contributed by atoms with van der Waals surface area (Å²) in [6.07, 6.45) is 3.96. The minimum Gasteiger partial charge on any atom is -0.504 e. The number of aromatic hydroxyl groups is 1. The van der Waals surface area contributed by atoms with Gasteiger partial charge in [-0.15, -0.1) is 0 Å². The lowest BCUT2D eigenvalue weighted by Gasteiger charge is -2.35. The number of fused-ring (bicyclic) bond motifs is 5. The molecule has 2 N–H and O–H groups in total. The van der Waals surface area contributed by atoms with E-state index < -0.39 is 5.82 Å². The third kappa shape index (κ3) is 4.52. The maximum Gasteiger partial charge on any atom is 0.254 e. The van der Waals surface area contributed by atoms with Crippen LogP contribution in [0.2, 0.25) is 0 Å². The number of amides is 1. The van der Waals surface area contributed by atoms with Crippen LogP contribution in [0.15, 0.2) is 48.5 Å². The summed E-state index contributed by atoms with van der Waals surface area (Å²) in [4.78, 5) is 15.0. The van der Waals surface area contributed by atoms with Gasteiger partial charge in [0.25, 0.3) is 5.91 Å². The monoisotopic (exact) mass is 528 g/mol. The second-order valence-corrected chi connectivity index (χ2v) is 10.4. The number of ether oxygens (including phenoxy) is 2. The van der Waals surface area contributed by atoms with Gasteiger partial charge in [0.15, 0.2) is 11.5 Å². The third-order valence-electron chi connectivity index (χ3n) is 7.26. The zero-order valence-electron chi connectivity index (χ0n) is 23.1. The van der Waals surface area contributed by atoms with Crippen LogP contribution in [-0.4, -0.2) is 41.7 Å². The van der Waals surface area contributed by atoms with Crippen molar-refractivity contribution < 1.29 is 23.8 Å². The summed E-state index contributed by atoms with van der Waals surface area (Å²) < 4.78 is 26.5. The fourth-order valence-corrected chi connectivity index (χ4v) is 5.61. The molecule has 0 saturated heterocycles. The van der Waals surface area contributed by atoms with Gasteiger partial charge in [-0.05, 0) is 82.2 Å². The molecular formula is C32H33FN2O4. The van der Waals surface area contributed by atoms with Crippen LogP contribution in [0.5, 0.6) is 17.2 Å². The van der Waals surface area contributed by atoms with Gasteiger partial charge >= 0.3 is 0 Å². The topological polar surface area (TPSA) is 71.0 Å². The Balaban J connectivity index is 1.80. The standard InChI is InChI=1S/C32H33FN2O4/c1-7-35(8-2)31(37)22-16-20(33)10-9-19(22)15-26-28-21(29-25(39-26)14-13-24(36)30(29)38-6)11-12-23-27(28)18(3)17-32(4,5)34-23/h9-17,34,36H,7-8H2,1-6H3. The molecule has 0 spiro atoms. The number of benzene rings is 3. The molecule has 7 heteroatoms. The Morgan fingerprint density at radius 2 is 1.85 bits per heavy atom. The molecule has 2 heterocycles. The van der Waals surface area contributed by atoms with Crippen LogP contribution in [0.4, 0.5) is 10.1 Å². The highest BCUT2D eigenvalue weighted by atomic mass is 19.1. The quantitative estimate of drug-likeness (QED) is 0.367. The Labute approximate surface area is 228 Å². The first-order valence-electron chi connectivity index (χ1n) is 13.1. The lowest BCUT2D eigenvalue weighted by atomic mass is 9.82.